The maximum Gasteiger partial charge on any atom is 0.249 e. The highest BCUT2D eigenvalue weighted by Crippen LogP contribution is 2.27. The molecule has 2 amide bonds. The maximum absolute atomic E-state index is 12.9. The van der Waals surface area contributed by atoms with Gasteiger partial charge in [0.25, 0.3) is 0 Å². The monoisotopic (exact) mass is 292 g/mol. The standard InChI is InChI=1S/C16H24N2O3/c1-5-16(6-2)15(20)18(12(4)14(19)17-16)11(3)10-13-8-7-9-21-13/h7-9,11-12H,5-6,10H2,1-4H3,(H,17,19). The van der Waals surface area contributed by atoms with Crippen LogP contribution in [0.25, 0.3) is 0 Å². The molecule has 0 saturated carbocycles. The lowest BCUT2D eigenvalue weighted by atomic mass is 9.86. The molecule has 0 aliphatic carbocycles. The Labute approximate surface area is 125 Å². The van der Waals surface area contributed by atoms with Gasteiger partial charge in [0.1, 0.15) is 17.3 Å². The second kappa shape index (κ2) is 5.92. The Morgan fingerprint density at radius 1 is 1.38 bits per heavy atom. The molecular weight excluding hydrogens is 268 g/mol. The number of rotatable bonds is 5. The van der Waals surface area contributed by atoms with E-state index in [1.807, 2.05) is 32.9 Å². The first kappa shape index (κ1) is 15.6. The van der Waals surface area contributed by atoms with Crippen molar-refractivity contribution in [3.05, 3.63) is 24.2 Å². The quantitative estimate of drug-likeness (QED) is 0.904. The Kier molecular flexibility index (Phi) is 4.40. The molecule has 2 atom stereocenters. The molecule has 2 heterocycles. The van der Waals surface area contributed by atoms with Crippen LogP contribution in [-0.4, -0.2) is 34.3 Å². The third kappa shape index (κ3) is 2.69. The number of carbonyl (C=O) groups excluding carboxylic acids is 2. The second-order valence-corrected chi connectivity index (χ2v) is 5.80. The predicted octanol–water partition coefficient (Wildman–Crippen LogP) is 2.12. The molecular formula is C16H24N2O3. The molecule has 1 fully saturated rings. The van der Waals surface area contributed by atoms with Crippen LogP contribution in [0.15, 0.2) is 22.8 Å². The molecule has 1 saturated heterocycles. The molecule has 0 bridgehead atoms. The molecule has 1 N–H and O–H groups in total. The lowest BCUT2D eigenvalue weighted by Crippen LogP contribution is -2.71. The number of nitrogens with one attached hydrogen (secondary N) is 1. The largest absolute Gasteiger partial charge is 0.469 e. The third-order valence-electron chi connectivity index (χ3n) is 4.56. The van der Waals surface area contributed by atoms with E-state index < -0.39 is 11.6 Å². The fraction of sp³-hybridized carbons (Fsp3) is 0.625. The summed E-state index contributed by atoms with van der Waals surface area (Å²) >= 11 is 0. The Morgan fingerprint density at radius 3 is 2.57 bits per heavy atom. The van der Waals surface area contributed by atoms with Gasteiger partial charge in [-0.05, 0) is 38.8 Å². The van der Waals surface area contributed by atoms with Crippen molar-refractivity contribution in [1.82, 2.24) is 10.2 Å². The summed E-state index contributed by atoms with van der Waals surface area (Å²) in [5.74, 6) is 0.760. The van der Waals surface area contributed by atoms with Crippen LogP contribution in [-0.2, 0) is 16.0 Å². The van der Waals surface area contributed by atoms with Gasteiger partial charge in [-0.15, -0.1) is 0 Å². The molecule has 1 aromatic heterocycles. The molecule has 21 heavy (non-hydrogen) atoms. The minimum absolute atomic E-state index is 0.0126. The number of nitrogens with zero attached hydrogens (tertiary/aromatic N) is 1. The van der Waals surface area contributed by atoms with Crippen LogP contribution in [0.2, 0.25) is 0 Å². The first-order valence-electron chi connectivity index (χ1n) is 7.62. The van der Waals surface area contributed by atoms with Crippen molar-refractivity contribution in [3.63, 3.8) is 0 Å². The van der Waals surface area contributed by atoms with E-state index in [0.29, 0.717) is 19.3 Å². The van der Waals surface area contributed by atoms with E-state index in [9.17, 15) is 9.59 Å². The van der Waals surface area contributed by atoms with Crippen molar-refractivity contribution in [2.75, 3.05) is 0 Å². The maximum atomic E-state index is 12.9. The molecule has 2 rings (SSSR count). The van der Waals surface area contributed by atoms with Gasteiger partial charge in [-0.3, -0.25) is 9.59 Å². The molecule has 0 aromatic carbocycles. The topological polar surface area (TPSA) is 62.6 Å². The molecule has 1 aliphatic rings. The highest BCUT2D eigenvalue weighted by molar-refractivity contribution is 5.99. The van der Waals surface area contributed by atoms with Gasteiger partial charge in [0.05, 0.1) is 6.26 Å². The number of amides is 2. The molecule has 1 aliphatic heterocycles. The SMILES string of the molecule is CCC1(CC)NC(=O)C(C)N(C(C)Cc2ccco2)C1=O. The van der Waals surface area contributed by atoms with Crippen LogP contribution < -0.4 is 5.32 Å². The van der Waals surface area contributed by atoms with Gasteiger partial charge >= 0.3 is 0 Å². The summed E-state index contributed by atoms with van der Waals surface area (Å²) in [4.78, 5) is 26.9. The molecule has 1 aromatic rings. The summed E-state index contributed by atoms with van der Waals surface area (Å²) in [5, 5.41) is 2.92. The summed E-state index contributed by atoms with van der Waals surface area (Å²) in [6, 6.07) is 3.19. The van der Waals surface area contributed by atoms with Crippen molar-refractivity contribution < 1.29 is 14.0 Å². The van der Waals surface area contributed by atoms with Gasteiger partial charge < -0.3 is 14.6 Å². The van der Waals surface area contributed by atoms with E-state index in [4.69, 9.17) is 4.42 Å². The number of piperazine rings is 1. The van der Waals surface area contributed by atoms with Gasteiger partial charge in [-0.2, -0.15) is 0 Å². The van der Waals surface area contributed by atoms with E-state index in [0.717, 1.165) is 5.76 Å². The van der Waals surface area contributed by atoms with Gasteiger partial charge in [0, 0.05) is 12.5 Å². The predicted molar refractivity (Wildman–Crippen MR) is 79.6 cm³/mol. The highest BCUT2D eigenvalue weighted by Gasteiger charge is 2.48. The normalized spacial score (nSPS) is 23.0. The first-order valence-corrected chi connectivity index (χ1v) is 7.62. The van der Waals surface area contributed by atoms with Crippen LogP contribution in [0, 0.1) is 0 Å². The molecule has 5 nitrogen and oxygen atoms in total. The lowest BCUT2D eigenvalue weighted by molar-refractivity contribution is -0.157. The number of furan rings is 1. The van der Waals surface area contributed by atoms with Crippen molar-refractivity contribution in [2.24, 2.45) is 0 Å². The van der Waals surface area contributed by atoms with Gasteiger partial charge in [-0.1, -0.05) is 13.8 Å². The summed E-state index contributed by atoms with van der Waals surface area (Å²) in [7, 11) is 0. The van der Waals surface area contributed by atoms with Gasteiger partial charge in [-0.25, -0.2) is 0 Å². The van der Waals surface area contributed by atoms with Crippen LogP contribution in [0.1, 0.15) is 46.3 Å². The van der Waals surface area contributed by atoms with Crippen LogP contribution in [0.4, 0.5) is 0 Å². The Morgan fingerprint density at radius 2 is 2.05 bits per heavy atom. The zero-order chi connectivity index (χ0) is 15.6. The van der Waals surface area contributed by atoms with E-state index in [2.05, 4.69) is 5.32 Å². The second-order valence-electron chi connectivity index (χ2n) is 5.80. The summed E-state index contributed by atoms with van der Waals surface area (Å²) in [6.07, 6.45) is 3.44. The van der Waals surface area contributed by atoms with Crippen LogP contribution in [0.5, 0.6) is 0 Å². The van der Waals surface area contributed by atoms with Crippen molar-refractivity contribution >= 4 is 11.8 Å². The highest BCUT2D eigenvalue weighted by atomic mass is 16.3. The molecule has 0 radical (unpaired) electrons. The van der Waals surface area contributed by atoms with Crippen LogP contribution in [0.3, 0.4) is 0 Å². The minimum atomic E-state index is -0.763. The molecule has 5 heteroatoms. The smallest absolute Gasteiger partial charge is 0.249 e. The molecule has 0 spiro atoms. The molecule has 116 valence electrons. The summed E-state index contributed by atoms with van der Waals surface area (Å²) in [5.41, 5.74) is -0.763. The fourth-order valence-corrected chi connectivity index (χ4v) is 3.07. The van der Waals surface area contributed by atoms with E-state index in [1.54, 1.807) is 18.1 Å². The van der Waals surface area contributed by atoms with E-state index >= 15 is 0 Å². The number of hydrogen-bond acceptors (Lipinski definition) is 3. The van der Waals surface area contributed by atoms with Gasteiger partial charge in [0.2, 0.25) is 11.8 Å². The average molecular weight is 292 g/mol. The zero-order valence-corrected chi connectivity index (χ0v) is 13.2. The third-order valence-corrected chi connectivity index (χ3v) is 4.56. The number of carbonyl (C=O) groups is 2. The summed E-state index contributed by atoms with van der Waals surface area (Å²) < 4.78 is 5.36. The minimum Gasteiger partial charge on any atom is -0.469 e. The van der Waals surface area contributed by atoms with Gasteiger partial charge in [0.15, 0.2) is 0 Å². The van der Waals surface area contributed by atoms with Crippen molar-refractivity contribution in [3.8, 4) is 0 Å². The first-order chi connectivity index (χ1) is 9.95. The fourth-order valence-electron chi connectivity index (χ4n) is 3.07. The Bertz CT molecular complexity index is 506. The Hall–Kier alpha value is -1.78. The Balaban J connectivity index is 2.26. The average Bonchev–Trinajstić information content (AvgIpc) is 2.96. The van der Waals surface area contributed by atoms with Crippen molar-refractivity contribution in [2.45, 2.75) is 64.6 Å². The number of hydrogen-bond donors (Lipinski definition) is 1. The summed E-state index contributed by atoms with van der Waals surface area (Å²) in [6.45, 7) is 7.62. The van der Waals surface area contributed by atoms with E-state index in [1.165, 1.54) is 0 Å². The van der Waals surface area contributed by atoms with Crippen molar-refractivity contribution in [1.29, 1.82) is 0 Å². The zero-order valence-electron chi connectivity index (χ0n) is 13.2. The van der Waals surface area contributed by atoms with Crippen LogP contribution >= 0.6 is 0 Å². The lowest BCUT2D eigenvalue weighted by Gasteiger charge is -2.46. The molecule has 2 unspecified atom stereocenters. The van der Waals surface area contributed by atoms with E-state index in [-0.39, 0.29) is 17.9 Å².